The molecule has 0 radical (unpaired) electrons. The highest BCUT2D eigenvalue weighted by Gasteiger charge is 2.34. The molecule has 0 unspecified atom stereocenters. The highest BCUT2D eigenvalue weighted by molar-refractivity contribution is 5.81. The van der Waals surface area contributed by atoms with Crippen LogP contribution in [0.2, 0.25) is 0 Å². The molecule has 5 heteroatoms. The second-order valence-corrected chi connectivity index (χ2v) is 6.09. The van der Waals surface area contributed by atoms with Gasteiger partial charge in [0.2, 0.25) is 0 Å². The molecule has 0 amide bonds. The van der Waals surface area contributed by atoms with E-state index in [4.69, 9.17) is 14.2 Å². The maximum absolute atomic E-state index is 11.8. The van der Waals surface area contributed by atoms with Crippen molar-refractivity contribution in [3.63, 3.8) is 0 Å². The van der Waals surface area contributed by atoms with E-state index in [0.717, 1.165) is 6.08 Å². The molecule has 120 valence electrons. The molecule has 5 nitrogen and oxygen atoms in total. The predicted octanol–water partition coefficient (Wildman–Crippen LogP) is 3.88. The fourth-order valence-corrected chi connectivity index (χ4v) is 2.24. The summed E-state index contributed by atoms with van der Waals surface area (Å²) in [6, 6.07) is 8.64. The Bertz CT molecular complexity index is 531. The Kier molecular flexibility index (Phi) is 5.74. The zero-order valence-electron chi connectivity index (χ0n) is 13.4. The van der Waals surface area contributed by atoms with Crippen LogP contribution in [0.25, 0.3) is 0 Å². The number of para-hydroxylation sites is 1. The van der Waals surface area contributed by atoms with Gasteiger partial charge in [0, 0.05) is 12.5 Å². The van der Waals surface area contributed by atoms with Gasteiger partial charge in [0.25, 0.3) is 0 Å². The van der Waals surface area contributed by atoms with Crippen molar-refractivity contribution in [1.29, 1.82) is 0 Å². The SMILES string of the molecule is C=CC(=O)OC(C)(C)CC(C)(C)OC(=O)Oc1ccccc1. The van der Waals surface area contributed by atoms with E-state index in [1.54, 1.807) is 52.0 Å². The first-order chi connectivity index (χ1) is 10.1. The van der Waals surface area contributed by atoms with Gasteiger partial charge in [-0.3, -0.25) is 0 Å². The number of hydrogen-bond acceptors (Lipinski definition) is 5. The highest BCUT2D eigenvalue weighted by Crippen LogP contribution is 2.27. The third kappa shape index (κ3) is 6.43. The summed E-state index contributed by atoms with van der Waals surface area (Å²) in [7, 11) is 0. The number of ether oxygens (including phenoxy) is 3. The first-order valence-corrected chi connectivity index (χ1v) is 6.95. The molecule has 1 aromatic rings. The van der Waals surface area contributed by atoms with Crippen LogP contribution in [-0.4, -0.2) is 23.3 Å². The maximum Gasteiger partial charge on any atom is 0.514 e. The van der Waals surface area contributed by atoms with Gasteiger partial charge < -0.3 is 14.2 Å². The Morgan fingerprint density at radius 3 is 2.14 bits per heavy atom. The standard InChI is InChI=1S/C17H22O5/c1-6-14(18)21-16(2,3)12-17(4,5)22-15(19)20-13-10-8-7-9-11-13/h6-11H,1,12H2,2-5H3. The molecular weight excluding hydrogens is 284 g/mol. The Labute approximate surface area is 130 Å². The predicted molar refractivity (Wildman–Crippen MR) is 82.6 cm³/mol. The molecule has 0 aliphatic rings. The molecule has 0 aromatic heterocycles. The molecule has 22 heavy (non-hydrogen) atoms. The molecule has 0 N–H and O–H groups in total. The number of carbonyl (C=O) groups is 2. The van der Waals surface area contributed by atoms with Crippen molar-refractivity contribution in [3.05, 3.63) is 43.0 Å². The minimum absolute atomic E-state index is 0.309. The van der Waals surface area contributed by atoms with Crippen molar-refractivity contribution in [2.75, 3.05) is 0 Å². The Balaban J connectivity index is 2.60. The molecule has 0 saturated carbocycles. The van der Waals surface area contributed by atoms with Gasteiger partial charge in [0.05, 0.1) is 0 Å². The monoisotopic (exact) mass is 306 g/mol. The van der Waals surface area contributed by atoms with Crippen LogP contribution >= 0.6 is 0 Å². The molecule has 0 heterocycles. The van der Waals surface area contributed by atoms with E-state index in [9.17, 15) is 9.59 Å². The van der Waals surface area contributed by atoms with Gasteiger partial charge in [-0.25, -0.2) is 9.59 Å². The molecule has 0 fully saturated rings. The van der Waals surface area contributed by atoms with Gasteiger partial charge in [-0.2, -0.15) is 0 Å². The summed E-state index contributed by atoms with van der Waals surface area (Å²) in [5.74, 6) is -0.117. The Morgan fingerprint density at radius 1 is 1.05 bits per heavy atom. The van der Waals surface area contributed by atoms with Crippen LogP contribution in [0.3, 0.4) is 0 Å². The van der Waals surface area contributed by atoms with Gasteiger partial charge in [-0.1, -0.05) is 24.8 Å². The summed E-state index contributed by atoms with van der Waals surface area (Å²) in [6.07, 6.45) is 0.602. The minimum Gasteiger partial charge on any atom is -0.456 e. The van der Waals surface area contributed by atoms with Gasteiger partial charge in [0.1, 0.15) is 17.0 Å². The van der Waals surface area contributed by atoms with E-state index >= 15 is 0 Å². The molecule has 1 aromatic carbocycles. The van der Waals surface area contributed by atoms with E-state index < -0.39 is 23.3 Å². The molecule has 0 aliphatic heterocycles. The lowest BCUT2D eigenvalue weighted by atomic mass is 9.92. The van der Waals surface area contributed by atoms with Crippen molar-refractivity contribution in [2.24, 2.45) is 0 Å². The summed E-state index contributed by atoms with van der Waals surface area (Å²) in [4.78, 5) is 23.1. The van der Waals surface area contributed by atoms with Crippen molar-refractivity contribution < 1.29 is 23.8 Å². The Morgan fingerprint density at radius 2 is 1.59 bits per heavy atom. The molecule has 0 saturated heterocycles. The molecule has 1 rings (SSSR count). The maximum atomic E-state index is 11.8. The lowest BCUT2D eigenvalue weighted by Gasteiger charge is -2.33. The zero-order valence-corrected chi connectivity index (χ0v) is 13.4. The summed E-state index contributed by atoms with van der Waals surface area (Å²) in [5.41, 5.74) is -1.67. The smallest absolute Gasteiger partial charge is 0.456 e. The van der Waals surface area contributed by atoms with E-state index in [1.807, 2.05) is 6.07 Å². The summed E-state index contributed by atoms with van der Waals surface area (Å²) in [5, 5.41) is 0. The zero-order chi connectivity index (χ0) is 16.8. The van der Waals surface area contributed by atoms with Gasteiger partial charge in [-0.15, -0.1) is 0 Å². The average molecular weight is 306 g/mol. The largest absolute Gasteiger partial charge is 0.514 e. The highest BCUT2D eigenvalue weighted by atomic mass is 16.7. The third-order valence-corrected chi connectivity index (χ3v) is 2.70. The average Bonchev–Trinajstić information content (AvgIpc) is 2.36. The minimum atomic E-state index is -0.864. The fourth-order valence-electron chi connectivity index (χ4n) is 2.24. The normalized spacial score (nSPS) is 11.5. The number of hydrogen-bond donors (Lipinski definition) is 0. The van der Waals surface area contributed by atoms with Crippen LogP contribution in [0.4, 0.5) is 4.79 Å². The van der Waals surface area contributed by atoms with Crippen molar-refractivity contribution in [2.45, 2.75) is 45.3 Å². The summed E-state index contributed by atoms with van der Waals surface area (Å²) >= 11 is 0. The Hall–Kier alpha value is -2.30. The topological polar surface area (TPSA) is 61.8 Å². The fraction of sp³-hybridized carbons (Fsp3) is 0.412. The quantitative estimate of drug-likeness (QED) is 0.453. The van der Waals surface area contributed by atoms with E-state index in [1.165, 1.54) is 0 Å². The molecule has 0 atom stereocenters. The van der Waals surface area contributed by atoms with Crippen LogP contribution in [0, 0.1) is 0 Å². The first kappa shape index (κ1) is 17.8. The van der Waals surface area contributed by atoms with E-state index in [0.29, 0.717) is 12.2 Å². The molecular formula is C17H22O5. The van der Waals surface area contributed by atoms with E-state index in [2.05, 4.69) is 6.58 Å². The lowest BCUT2D eigenvalue weighted by Crippen LogP contribution is -2.40. The van der Waals surface area contributed by atoms with Crippen LogP contribution in [-0.2, 0) is 14.3 Å². The number of esters is 1. The molecule has 0 bridgehead atoms. The van der Waals surface area contributed by atoms with Gasteiger partial charge in [-0.05, 0) is 39.8 Å². The summed E-state index contributed by atoms with van der Waals surface area (Å²) < 4.78 is 15.6. The molecule has 0 aliphatic carbocycles. The van der Waals surface area contributed by atoms with E-state index in [-0.39, 0.29) is 0 Å². The van der Waals surface area contributed by atoms with Gasteiger partial charge >= 0.3 is 12.1 Å². The van der Waals surface area contributed by atoms with Crippen molar-refractivity contribution in [3.8, 4) is 5.75 Å². The number of rotatable bonds is 6. The lowest BCUT2D eigenvalue weighted by molar-refractivity contribution is -0.155. The van der Waals surface area contributed by atoms with Crippen LogP contribution in [0.5, 0.6) is 5.75 Å². The second kappa shape index (κ2) is 7.11. The van der Waals surface area contributed by atoms with Crippen LogP contribution in [0.15, 0.2) is 43.0 Å². The summed E-state index contributed by atoms with van der Waals surface area (Å²) in [6.45, 7) is 10.3. The van der Waals surface area contributed by atoms with Gasteiger partial charge in [0.15, 0.2) is 0 Å². The van der Waals surface area contributed by atoms with Crippen LogP contribution in [0.1, 0.15) is 34.1 Å². The molecule has 0 spiro atoms. The van der Waals surface area contributed by atoms with Crippen molar-refractivity contribution in [1.82, 2.24) is 0 Å². The second-order valence-electron chi connectivity index (χ2n) is 6.09. The van der Waals surface area contributed by atoms with Crippen LogP contribution < -0.4 is 4.74 Å². The number of carbonyl (C=O) groups excluding carboxylic acids is 2. The van der Waals surface area contributed by atoms with Crippen molar-refractivity contribution >= 4 is 12.1 Å². The first-order valence-electron chi connectivity index (χ1n) is 6.95. The number of benzene rings is 1. The third-order valence-electron chi connectivity index (χ3n) is 2.70.